The first-order chi connectivity index (χ1) is 8.26. The van der Waals surface area contributed by atoms with E-state index in [1.807, 2.05) is 6.07 Å². The molecular formula is C15H18FN. The van der Waals surface area contributed by atoms with E-state index in [2.05, 4.69) is 18.2 Å². The Hall–Kier alpha value is -1.33. The molecule has 1 N–H and O–H groups in total. The molecule has 0 saturated carbocycles. The maximum absolute atomic E-state index is 13.6. The van der Waals surface area contributed by atoms with Crippen molar-refractivity contribution in [3.63, 3.8) is 0 Å². The zero-order chi connectivity index (χ0) is 12.3. The van der Waals surface area contributed by atoms with E-state index in [9.17, 15) is 4.39 Å². The Morgan fingerprint density at radius 2 is 2.41 bits per heavy atom. The van der Waals surface area contributed by atoms with E-state index in [-0.39, 0.29) is 17.9 Å². The summed E-state index contributed by atoms with van der Waals surface area (Å²) in [5, 5.41) is 3.45. The molecule has 2 heteroatoms. The van der Waals surface area contributed by atoms with Gasteiger partial charge in [0.05, 0.1) is 6.04 Å². The first-order valence-corrected chi connectivity index (χ1v) is 6.25. The maximum Gasteiger partial charge on any atom is 0.126 e. The van der Waals surface area contributed by atoms with Crippen LogP contribution in [0.25, 0.3) is 0 Å². The molecule has 0 bridgehead atoms. The van der Waals surface area contributed by atoms with Gasteiger partial charge in [-0.2, -0.15) is 0 Å². The van der Waals surface area contributed by atoms with Gasteiger partial charge in [0.15, 0.2) is 0 Å². The average molecular weight is 231 g/mol. The van der Waals surface area contributed by atoms with Crippen molar-refractivity contribution in [3.8, 4) is 12.3 Å². The molecule has 0 radical (unpaired) electrons. The molecule has 0 heterocycles. The van der Waals surface area contributed by atoms with Gasteiger partial charge in [-0.15, -0.1) is 6.42 Å². The standard InChI is InChI=1S/C15H18FN/c1-3-6-11(4-2)17-15-10-9-12-13(15)7-5-8-14(12)16/h2,5,7-8,11,15,17H,3,6,9-10H2,1H3. The lowest BCUT2D eigenvalue weighted by Gasteiger charge is -2.19. The molecule has 0 spiro atoms. The SMILES string of the molecule is C#CC(CCC)NC1CCc2c(F)cccc21. The number of fused-ring (bicyclic) bond motifs is 1. The Kier molecular flexibility index (Phi) is 3.81. The third kappa shape index (κ3) is 2.50. The summed E-state index contributed by atoms with van der Waals surface area (Å²) in [5.41, 5.74) is 1.94. The second-order valence-electron chi connectivity index (χ2n) is 4.57. The van der Waals surface area contributed by atoms with Gasteiger partial charge in [0.25, 0.3) is 0 Å². The lowest BCUT2D eigenvalue weighted by Crippen LogP contribution is -2.30. The Balaban J connectivity index is 2.12. The highest BCUT2D eigenvalue weighted by molar-refractivity contribution is 5.35. The van der Waals surface area contributed by atoms with Crippen LogP contribution in [0.4, 0.5) is 4.39 Å². The number of nitrogens with one attached hydrogen (secondary N) is 1. The highest BCUT2D eigenvalue weighted by Gasteiger charge is 2.25. The van der Waals surface area contributed by atoms with E-state index in [0.29, 0.717) is 0 Å². The maximum atomic E-state index is 13.6. The third-order valence-electron chi connectivity index (χ3n) is 3.39. The van der Waals surface area contributed by atoms with E-state index in [4.69, 9.17) is 6.42 Å². The van der Waals surface area contributed by atoms with Crippen LogP contribution in [0.1, 0.15) is 43.4 Å². The van der Waals surface area contributed by atoms with Gasteiger partial charge in [0, 0.05) is 6.04 Å². The van der Waals surface area contributed by atoms with E-state index < -0.39 is 0 Å². The smallest absolute Gasteiger partial charge is 0.126 e. The second kappa shape index (κ2) is 5.33. The fourth-order valence-electron chi connectivity index (χ4n) is 2.53. The molecule has 2 atom stereocenters. The van der Waals surface area contributed by atoms with Crippen molar-refractivity contribution in [1.29, 1.82) is 0 Å². The molecule has 1 nitrogen and oxygen atoms in total. The van der Waals surface area contributed by atoms with Crippen molar-refractivity contribution in [1.82, 2.24) is 5.32 Å². The van der Waals surface area contributed by atoms with E-state index in [0.717, 1.165) is 36.8 Å². The van der Waals surface area contributed by atoms with Gasteiger partial charge in [0.1, 0.15) is 5.82 Å². The summed E-state index contributed by atoms with van der Waals surface area (Å²) in [5.74, 6) is 2.69. The molecule has 1 aliphatic carbocycles. The zero-order valence-electron chi connectivity index (χ0n) is 10.2. The van der Waals surface area contributed by atoms with Gasteiger partial charge < -0.3 is 0 Å². The highest BCUT2D eigenvalue weighted by atomic mass is 19.1. The molecule has 0 aliphatic heterocycles. The summed E-state index contributed by atoms with van der Waals surface area (Å²) < 4.78 is 13.6. The fourth-order valence-corrected chi connectivity index (χ4v) is 2.53. The highest BCUT2D eigenvalue weighted by Crippen LogP contribution is 2.33. The number of terminal acetylenes is 1. The monoisotopic (exact) mass is 231 g/mol. The van der Waals surface area contributed by atoms with Crippen molar-refractivity contribution in [2.45, 2.75) is 44.7 Å². The molecule has 0 aromatic heterocycles. The lowest BCUT2D eigenvalue weighted by atomic mass is 10.1. The van der Waals surface area contributed by atoms with E-state index >= 15 is 0 Å². The van der Waals surface area contributed by atoms with Crippen LogP contribution in [0.3, 0.4) is 0 Å². The second-order valence-corrected chi connectivity index (χ2v) is 4.57. The minimum Gasteiger partial charge on any atom is -0.297 e. The number of rotatable bonds is 4. The first-order valence-electron chi connectivity index (χ1n) is 6.25. The van der Waals surface area contributed by atoms with Crippen LogP contribution < -0.4 is 5.32 Å². The summed E-state index contributed by atoms with van der Waals surface area (Å²) in [6, 6.07) is 5.63. The van der Waals surface area contributed by atoms with Gasteiger partial charge >= 0.3 is 0 Å². The van der Waals surface area contributed by atoms with Crippen LogP contribution in [0.15, 0.2) is 18.2 Å². The molecule has 1 aliphatic rings. The predicted molar refractivity (Wildman–Crippen MR) is 68.1 cm³/mol. The molecule has 17 heavy (non-hydrogen) atoms. The Labute approximate surface area is 102 Å². The number of halogens is 1. The minimum absolute atomic E-state index is 0.0838. The van der Waals surface area contributed by atoms with Crippen LogP contribution in [-0.4, -0.2) is 6.04 Å². The average Bonchev–Trinajstić information content (AvgIpc) is 2.73. The Morgan fingerprint density at radius 1 is 1.59 bits per heavy atom. The van der Waals surface area contributed by atoms with Gasteiger partial charge in [-0.05, 0) is 36.5 Å². The first kappa shape index (κ1) is 12.1. The van der Waals surface area contributed by atoms with Gasteiger partial charge in [-0.1, -0.05) is 31.4 Å². The molecule has 0 amide bonds. The molecule has 2 unspecified atom stereocenters. The predicted octanol–water partition coefficient (Wildman–Crippen LogP) is 3.20. The van der Waals surface area contributed by atoms with Gasteiger partial charge in [-0.3, -0.25) is 5.32 Å². The van der Waals surface area contributed by atoms with Crippen LogP contribution in [0.5, 0.6) is 0 Å². The molecule has 90 valence electrons. The topological polar surface area (TPSA) is 12.0 Å². The lowest BCUT2D eigenvalue weighted by molar-refractivity contribution is 0.468. The summed E-state index contributed by atoms with van der Waals surface area (Å²) in [7, 11) is 0. The molecule has 2 rings (SSSR count). The Morgan fingerprint density at radius 3 is 3.12 bits per heavy atom. The van der Waals surface area contributed by atoms with Gasteiger partial charge in [0.2, 0.25) is 0 Å². The van der Waals surface area contributed by atoms with Crippen molar-refractivity contribution >= 4 is 0 Å². The summed E-state index contributed by atoms with van der Waals surface area (Å²) in [6.07, 6.45) is 9.28. The van der Waals surface area contributed by atoms with E-state index in [1.165, 1.54) is 6.07 Å². The van der Waals surface area contributed by atoms with Crippen molar-refractivity contribution in [3.05, 3.63) is 35.1 Å². The number of benzene rings is 1. The van der Waals surface area contributed by atoms with Gasteiger partial charge in [-0.25, -0.2) is 4.39 Å². The number of hydrogen-bond acceptors (Lipinski definition) is 1. The zero-order valence-corrected chi connectivity index (χ0v) is 10.2. The summed E-state index contributed by atoms with van der Waals surface area (Å²) >= 11 is 0. The molecular weight excluding hydrogens is 213 g/mol. The quantitative estimate of drug-likeness (QED) is 0.785. The third-order valence-corrected chi connectivity index (χ3v) is 3.39. The fraction of sp³-hybridized carbons (Fsp3) is 0.467. The molecule has 1 aromatic rings. The van der Waals surface area contributed by atoms with Crippen LogP contribution in [0.2, 0.25) is 0 Å². The molecule has 0 saturated heterocycles. The largest absolute Gasteiger partial charge is 0.297 e. The van der Waals surface area contributed by atoms with Crippen LogP contribution >= 0.6 is 0 Å². The normalized spacial score (nSPS) is 19.7. The number of hydrogen-bond donors (Lipinski definition) is 1. The molecule has 0 fully saturated rings. The van der Waals surface area contributed by atoms with Crippen molar-refractivity contribution < 1.29 is 4.39 Å². The van der Waals surface area contributed by atoms with E-state index in [1.54, 1.807) is 6.07 Å². The summed E-state index contributed by atoms with van der Waals surface area (Å²) in [6.45, 7) is 2.12. The van der Waals surface area contributed by atoms with Crippen LogP contribution in [0, 0.1) is 18.2 Å². The van der Waals surface area contributed by atoms with Crippen LogP contribution in [-0.2, 0) is 6.42 Å². The minimum atomic E-state index is -0.0838. The van der Waals surface area contributed by atoms with Crippen molar-refractivity contribution in [2.75, 3.05) is 0 Å². The van der Waals surface area contributed by atoms with Crippen molar-refractivity contribution in [2.24, 2.45) is 0 Å². The molecule has 1 aromatic carbocycles. The summed E-state index contributed by atoms with van der Waals surface area (Å²) in [4.78, 5) is 0. The Bertz CT molecular complexity index is 433.